The van der Waals surface area contributed by atoms with Crippen LogP contribution in [-0.2, 0) is 10.2 Å². The van der Waals surface area contributed by atoms with Crippen molar-refractivity contribution in [3.05, 3.63) is 29.6 Å². The summed E-state index contributed by atoms with van der Waals surface area (Å²) in [5.74, 6) is -2.79. The van der Waals surface area contributed by atoms with Crippen LogP contribution in [0.1, 0.15) is 31.7 Å². The highest BCUT2D eigenvalue weighted by atomic mass is 19.4. The van der Waals surface area contributed by atoms with Crippen molar-refractivity contribution >= 4 is 5.78 Å². The van der Waals surface area contributed by atoms with E-state index in [9.17, 15) is 27.5 Å². The number of rotatable bonds is 2. The first-order valence-electron chi connectivity index (χ1n) is 6.42. The molecule has 0 radical (unpaired) electrons. The second kappa shape index (κ2) is 5.29. The molecule has 21 heavy (non-hydrogen) atoms. The number of carbonyl (C=O) groups is 1. The van der Waals surface area contributed by atoms with Gasteiger partial charge in [-0.05, 0) is 32.3 Å². The van der Waals surface area contributed by atoms with Crippen molar-refractivity contribution < 1.29 is 32.2 Å². The Hall–Kier alpha value is -1.63. The number of aliphatic hydroxyl groups excluding tert-OH is 1. The van der Waals surface area contributed by atoms with Gasteiger partial charge in [0, 0.05) is 5.56 Å². The highest BCUT2D eigenvalue weighted by Crippen LogP contribution is 2.40. The van der Waals surface area contributed by atoms with Gasteiger partial charge in [-0.3, -0.25) is 4.79 Å². The van der Waals surface area contributed by atoms with Gasteiger partial charge in [0.15, 0.2) is 17.3 Å². The lowest BCUT2D eigenvalue weighted by Crippen LogP contribution is -2.44. The Morgan fingerprint density at radius 3 is 2.67 bits per heavy atom. The number of Topliss-reactive ketones (excluding diaryl/α,β-unsaturated/α-hetero) is 1. The maximum absolute atomic E-state index is 14.3. The number of halogens is 4. The van der Waals surface area contributed by atoms with Crippen molar-refractivity contribution in [3.8, 4) is 5.75 Å². The summed E-state index contributed by atoms with van der Waals surface area (Å²) in [5.41, 5.74) is -1.54. The lowest BCUT2D eigenvalue weighted by Gasteiger charge is -2.35. The number of hydrogen-bond donors (Lipinski definition) is 1. The Morgan fingerprint density at radius 2 is 2.05 bits per heavy atom. The predicted molar refractivity (Wildman–Crippen MR) is 65.3 cm³/mol. The molecule has 1 fully saturated rings. The van der Waals surface area contributed by atoms with E-state index in [0.717, 1.165) is 6.07 Å². The minimum absolute atomic E-state index is 0.187. The van der Waals surface area contributed by atoms with Gasteiger partial charge in [-0.2, -0.15) is 0 Å². The summed E-state index contributed by atoms with van der Waals surface area (Å²) in [6.07, 6.45) is -5.23. The monoisotopic (exact) mass is 306 g/mol. The van der Waals surface area contributed by atoms with E-state index in [2.05, 4.69) is 4.74 Å². The maximum Gasteiger partial charge on any atom is 0.573 e. The zero-order chi connectivity index (χ0) is 15.8. The molecule has 0 amide bonds. The zero-order valence-corrected chi connectivity index (χ0v) is 11.2. The van der Waals surface area contributed by atoms with Gasteiger partial charge in [0.05, 0.1) is 5.41 Å². The topological polar surface area (TPSA) is 46.5 Å². The number of benzene rings is 1. The van der Waals surface area contributed by atoms with Crippen molar-refractivity contribution in [3.63, 3.8) is 0 Å². The van der Waals surface area contributed by atoms with Crippen LogP contribution >= 0.6 is 0 Å². The van der Waals surface area contributed by atoms with E-state index in [0.29, 0.717) is 6.42 Å². The summed E-state index contributed by atoms with van der Waals surface area (Å²) in [5, 5.41) is 9.64. The summed E-state index contributed by atoms with van der Waals surface area (Å²) in [7, 11) is 0. The van der Waals surface area contributed by atoms with Crippen LogP contribution < -0.4 is 4.74 Å². The lowest BCUT2D eigenvalue weighted by atomic mass is 9.68. The number of aliphatic hydroxyl groups is 1. The fourth-order valence-corrected chi connectivity index (χ4v) is 2.68. The van der Waals surface area contributed by atoms with Crippen LogP contribution in [0.2, 0.25) is 0 Å². The number of hydrogen-bond acceptors (Lipinski definition) is 3. The van der Waals surface area contributed by atoms with Crippen LogP contribution in [0.5, 0.6) is 5.75 Å². The third-order valence-electron chi connectivity index (χ3n) is 3.78. The summed E-state index contributed by atoms with van der Waals surface area (Å²) < 4.78 is 54.6. The molecule has 3 nitrogen and oxygen atoms in total. The zero-order valence-electron chi connectivity index (χ0n) is 11.2. The van der Waals surface area contributed by atoms with E-state index < -0.39 is 35.2 Å². The van der Waals surface area contributed by atoms with Crippen LogP contribution in [0.25, 0.3) is 0 Å². The number of carbonyl (C=O) groups excluding carboxylic acids is 1. The van der Waals surface area contributed by atoms with Gasteiger partial charge in [-0.25, -0.2) is 4.39 Å². The molecule has 0 aliphatic heterocycles. The van der Waals surface area contributed by atoms with E-state index >= 15 is 0 Å². The van der Waals surface area contributed by atoms with Gasteiger partial charge in [-0.15, -0.1) is 13.2 Å². The molecule has 1 aliphatic carbocycles. The molecular formula is C14H14F4O3. The summed E-state index contributed by atoms with van der Waals surface area (Å²) in [6.45, 7) is 1.42. The molecule has 0 heterocycles. The first kappa shape index (κ1) is 15.8. The third kappa shape index (κ3) is 3.02. The van der Waals surface area contributed by atoms with E-state index in [4.69, 9.17) is 0 Å². The molecule has 1 aliphatic rings. The fourth-order valence-electron chi connectivity index (χ4n) is 2.68. The van der Waals surface area contributed by atoms with Crippen molar-refractivity contribution in [2.24, 2.45) is 0 Å². The first-order chi connectivity index (χ1) is 9.65. The van der Waals surface area contributed by atoms with E-state index in [1.165, 1.54) is 19.1 Å². The molecule has 0 aromatic heterocycles. The van der Waals surface area contributed by atoms with Gasteiger partial charge >= 0.3 is 6.36 Å². The predicted octanol–water partition coefficient (Wildman–Crippen LogP) is 3.10. The van der Waals surface area contributed by atoms with Crippen molar-refractivity contribution in [2.45, 2.75) is 44.1 Å². The minimum Gasteiger partial charge on any atom is -0.403 e. The van der Waals surface area contributed by atoms with E-state index in [1.54, 1.807) is 0 Å². The second-order valence-electron chi connectivity index (χ2n) is 5.27. The first-order valence-corrected chi connectivity index (χ1v) is 6.42. The largest absolute Gasteiger partial charge is 0.573 e. The maximum atomic E-state index is 14.3. The van der Waals surface area contributed by atoms with Gasteiger partial charge < -0.3 is 9.84 Å². The molecule has 7 heteroatoms. The number of ketones is 1. The molecule has 2 unspecified atom stereocenters. The van der Waals surface area contributed by atoms with Gasteiger partial charge in [-0.1, -0.05) is 12.1 Å². The average Bonchev–Trinajstić information content (AvgIpc) is 2.37. The minimum atomic E-state index is -5.02. The molecule has 1 saturated carbocycles. The van der Waals surface area contributed by atoms with Crippen molar-refractivity contribution in [2.75, 3.05) is 0 Å². The smallest absolute Gasteiger partial charge is 0.403 e. The Balaban J connectivity index is 2.44. The Bertz CT molecular complexity index is 556. The van der Waals surface area contributed by atoms with Crippen LogP contribution in [0.15, 0.2) is 18.2 Å². The van der Waals surface area contributed by atoms with E-state index in [1.807, 2.05) is 0 Å². The summed E-state index contributed by atoms with van der Waals surface area (Å²) in [6, 6.07) is 3.28. The van der Waals surface area contributed by atoms with Crippen LogP contribution in [0, 0.1) is 5.82 Å². The SMILES string of the molecule is CC1(c2cccc(OC(F)(F)F)c2F)CCCC(O)C1=O. The molecule has 116 valence electrons. The highest BCUT2D eigenvalue weighted by Gasteiger charge is 2.44. The molecule has 1 aromatic rings. The Labute approximate surface area is 118 Å². The van der Waals surface area contributed by atoms with Crippen LogP contribution in [0.4, 0.5) is 17.6 Å². The summed E-state index contributed by atoms with van der Waals surface area (Å²) in [4.78, 5) is 12.1. The third-order valence-corrected chi connectivity index (χ3v) is 3.78. The number of alkyl halides is 3. The standard InChI is InChI=1S/C14H14F4O3/c1-13(7-3-5-9(19)12(13)20)8-4-2-6-10(11(8)15)21-14(16,17)18/h2,4,6,9,19H,3,5,7H2,1H3. The molecule has 0 spiro atoms. The second-order valence-corrected chi connectivity index (χ2v) is 5.27. The highest BCUT2D eigenvalue weighted by molar-refractivity contribution is 5.94. The Kier molecular flexibility index (Phi) is 3.97. The van der Waals surface area contributed by atoms with Gasteiger partial charge in [0.25, 0.3) is 0 Å². The molecule has 1 N–H and O–H groups in total. The molecule has 1 aromatic carbocycles. The molecule has 0 bridgehead atoms. The summed E-state index contributed by atoms with van der Waals surface area (Å²) >= 11 is 0. The van der Waals surface area contributed by atoms with Crippen molar-refractivity contribution in [1.29, 1.82) is 0 Å². The quantitative estimate of drug-likeness (QED) is 0.854. The Morgan fingerprint density at radius 1 is 1.38 bits per heavy atom. The normalized spacial score (nSPS) is 26.8. The van der Waals surface area contributed by atoms with Crippen molar-refractivity contribution in [1.82, 2.24) is 0 Å². The van der Waals surface area contributed by atoms with E-state index in [-0.39, 0.29) is 18.4 Å². The number of ether oxygens (including phenoxy) is 1. The lowest BCUT2D eigenvalue weighted by molar-refractivity contribution is -0.275. The van der Waals surface area contributed by atoms with Gasteiger partial charge in [0.1, 0.15) is 6.10 Å². The van der Waals surface area contributed by atoms with Gasteiger partial charge in [0.2, 0.25) is 0 Å². The molecular weight excluding hydrogens is 292 g/mol. The molecule has 2 atom stereocenters. The molecule has 0 saturated heterocycles. The van der Waals surface area contributed by atoms with Crippen LogP contribution in [-0.4, -0.2) is 23.4 Å². The fraction of sp³-hybridized carbons (Fsp3) is 0.500. The average molecular weight is 306 g/mol. The van der Waals surface area contributed by atoms with Crippen LogP contribution in [0.3, 0.4) is 0 Å². The molecule has 2 rings (SSSR count).